The Balaban J connectivity index is 2.85. The van der Waals surface area contributed by atoms with Crippen LogP contribution in [0.1, 0.15) is 30.6 Å². The Kier molecular flexibility index (Phi) is 5.56. The maximum absolute atomic E-state index is 12.1. The third-order valence-electron chi connectivity index (χ3n) is 3.34. The molecule has 2 N–H and O–H groups in total. The Morgan fingerprint density at radius 3 is 2.60 bits per heavy atom. The zero-order valence-electron chi connectivity index (χ0n) is 11.7. The molecule has 0 aliphatic rings. The highest BCUT2D eigenvalue weighted by Gasteiger charge is 2.31. The number of benzene rings is 1. The Bertz CT molecular complexity index is 518. The molecule has 1 unspecified atom stereocenters. The molecule has 110 valence electrons. The van der Waals surface area contributed by atoms with E-state index in [0.29, 0.717) is 17.7 Å². The van der Waals surface area contributed by atoms with Crippen molar-refractivity contribution < 1.29 is 19.4 Å². The zero-order valence-corrected chi connectivity index (χ0v) is 13.3. The standard InChI is InChI=1S/C14H18BrNO4/c1-4-14(2,13(18)19)8-16-12(17)10-6-5-9(15)7-11(10)20-3/h5-7H,4,8H2,1-3H3,(H,16,17)(H,18,19). The predicted molar refractivity (Wildman–Crippen MR) is 79.1 cm³/mol. The third kappa shape index (κ3) is 3.72. The van der Waals surface area contributed by atoms with Gasteiger partial charge in [0, 0.05) is 11.0 Å². The van der Waals surface area contributed by atoms with Crippen molar-refractivity contribution >= 4 is 27.8 Å². The van der Waals surface area contributed by atoms with Gasteiger partial charge in [0.05, 0.1) is 18.1 Å². The van der Waals surface area contributed by atoms with E-state index in [-0.39, 0.29) is 12.5 Å². The van der Waals surface area contributed by atoms with Crippen molar-refractivity contribution in [2.45, 2.75) is 20.3 Å². The predicted octanol–water partition coefficient (Wildman–Crippen LogP) is 2.69. The van der Waals surface area contributed by atoms with Gasteiger partial charge >= 0.3 is 5.97 Å². The zero-order chi connectivity index (χ0) is 15.3. The van der Waals surface area contributed by atoms with Crippen LogP contribution in [0.25, 0.3) is 0 Å². The van der Waals surface area contributed by atoms with Crippen LogP contribution in [-0.2, 0) is 4.79 Å². The second-order valence-electron chi connectivity index (χ2n) is 4.75. The normalized spacial score (nSPS) is 13.4. The number of amides is 1. The highest BCUT2D eigenvalue weighted by molar-refractivity contribution is 9.10. The number of hydrogen-bond acceptors (Lipinski definition) is 3. The van der Waals surface area contributed by atoms with Crippen molar-refractivity contribution in [3.8, 4) is 5.75 Å². The number of carbonyl (C=O) groups excluding carboxylic acids is 1. The molecule has 0 aromatic heterocycles. The molecule has 0 aliphatic carbocycles. The highest BCUT2D eigenvalue weighted by atomic mass is 79.9. The molecule has 20 heavy (non-hydrogen) atoms. The molecule has 0 saturated carbocycles. The van der Waals surface area contributed by atoms with Crippen molar-refractivity contribution in [3.05, 3.63) is 28.2 Å². The van der Waals surface area contributed by atoms with E-state index in [2.05, 4.69) is 21.2 Å². The monoisotopic (exact) mass is 343 g/mol. The molecule has 5 nitrogen and oxygen atoms in total. The van der Waals surface area contributed by atoms with E-state index < -0.39 is 11.4 Å². The van der Waals surface area contributed by atoms with Gasteiger partial charge in [0.15, 0.2) is 0 Å². The Morgan fingerprint density at radius 1 is 1.45 bits per heavy atom. The van der Waals surface area contributed by atoms with Gasteiger partial charge < -0.3 is 15.2 Å². The molecule has 0 aliphatic heterocycles. The summed E-state index contributed by atoms with van der Waals surface area (Å²) in [6, 6.07) is 5.04. The average molecular weight is 344 g/mol. The number of carboxylic acid groups (broad SMARTS) is 1. The van der Waals surface area contributed by atoms with Gasteiger partial charge in [-0.2, -0.15) is 0 Å². The SMILES string of the molecule is CCC(C)(CNC(=O)c1ccc(Br)cc1OC)C(=O)O. The molecule has 0 spiro atoms. The molecule has 0 fully saturated rings. The molecular weight excluding hydrogens is 326 g/mol. The van der Waals surface area contributed by atoms with E-state index in [1.165, 1.54) is 7.11 Å². The van der Waals surface area contributed by atoms with Gasteiger partial charge in [0.25, 0.3) is 5.91 Å². The van der Waals surface area contributed by atoms with Crippen molar-refractivity contribution in [1.82, 2.24) is 5.32 Å². The van der Waals surface area contributed by atoms with Crippen molar-refractivity contribution in [1.29, 1.82) is 0 Å². The summed E-state index contributed by atoms with van der Waals surface area (Å²) in [6.45, 7) is 3.45. The molecule has 1 aromatic rings. The molecule has 0 radical (unpaired) electrons. The van der Waals surface area contributed by atoms with Crippen molar-refractivity contribution in [2.24, 2.45) is 5.41 Å². The molecule has 0 heterocycles. The van der Waals surface area contributed by atoms with E-state index >= 15 is 0 Å². The number of nitrogens with one attached hydrogen (secondary N) is 1. The molecule has 0 bridgehead atoms. The van der Waals surface area contributed by atoms with Crippen LogP contribution in [0, 0.1) is 5.41 Å². The molecule has 1 rings (SSSR count). The molecule has 6 heteroatoms. The molecule has 1 aromatic carbocycles. The summed E-state index contributed by atoms with van der Waals surface area (Å²) in [5.74, 6) is -0.844. The van der Waals surface area contributed by atoms with Crippen molar-refractivity contribution in [2.75, 3.05) is 13.7 Å². The van der Waals surface area contributed by atoms with Gasteiger partial charge in [0.2, 0.25) is 0 Å². The third-order valence-corrected chi connectivity index (χ3v) is 3.84. The minimum atomic E-state index is -0.974. The molecule has 1 amide bonds. The van der Waals surface area contributed by atoms with Crippen LogP contribution in [0.2, 0.25) is 0 Å². The van der Waals surface area contributed by atoms with Crippen LogP contribution >= 0.6 is 15.9 Å². The minimum absolute atomic E-state index is 0.0664. The molecule has 1 atom stereocenters. The average Bonchev–Trinajstić information content (AvgIpc) is 2.43. The fourth-order valence-corrected chi connectivity index (χ4v) is 1.92. The summed E-state index contributed by atoms with van der Waals surface area (Å²) >= 11 is 3.30. The van der Waals surface area contributed by atoms with Gasteiger partial charge in [-0.1, -0.05) is 22.9 Å². The van der Waals surface area contributed by atoms with E-state index in [1.807, 2.05) is 0 Å². The lowest BCUT2D eigenvalue weighted by Crippen LogP contribution is -2.40. The van der Waals surface area contributed by atoms with Gasteiger partial charge in [-0.15, -0.1) is 0 Å². The van der Waals surface area contributed by atoms with Crippen LogP contribution < -0.4 is 10.1 Å². The lowest BCUT2D eigenvalue weighted by molar-refractivity contribution is -0.147. The van der Waals surface area contributed by atoms with Gasteiger partial charge in [-0.25, -0.2) is 0 Å². The van der Waals surface area contributed by atoms with Gasteiger partial charge in [0.1, 0.15) is 5.75 Å². The highest BCUT2D eigenvalue weighted by Crippen LogP contribution is 2.24. The Labute approximate surface area is 126 Å². The number of hydrogen-bond donors (Lipinski definition) is 2. The van der Waals surface area contributed by atoms with Gasteiger partial charge in [-0.05, 0) is 31.5 Å². The quantitative estimate of drug-likeness (QED) is 0.832. The second kappa shape index (κ2) is 6.74. The van der Waals surface area contributed by atoms with Crippen LogP contribution in [0.15, 0.2) is 22.7 Å². The minimum Gasteiger partial charge on any atom is -0.496 e. The number of carboxylic acids is 1. The van der Waals surface area contributed by atoms with Crippen LogP contribution in [0.3, 0.4) is 0 Å². The maximum Gasteiger partial charge on any atom is 0.311 e. The summed E-state index contributed by atoms with van der Waals surface area (Å²) in [6.07, 6.45) is 0.431. The van der Waals surface area contributed by atoms with E-state index in [1.54, 1.807) is 32.0 Å². The summed E-state index contributed by atoms with van der Waals surface area (Å²) in [5.41, 5.74) is -0.599. The van der Waals surface area contributed by atoms with E-state index in [4.69, 9.17) is 4.74 Å². The smallest absolute Gasteiger partial charge is 0.311 e. The van der Waals surface area contributed by atoms with Gasteiger partial charge in [-0.3, -0.25) is 9.59 Å². The first-order valence-electron chi connectivity index (χ1n) is 6.19. The Hall–Kier alpha value is -1.56. The lowest BCUT2D eigenvalue weighted by atomic mass is 9.87. The van der Waals surface area contributed by atoms with Crippen LogP contribution in [0.4, 0.5) is 0 Å². The first-order chi connectivity index (χ1) is 9.34. The number of rotatable bonds is 6. The molecular formula is C14H18BrNO4. The van der Waals surface area contributed by atoms with Crippen LogP contribution in [-0.4, -0.2) is 30.6 Å². The lowest BCUT2D eigenvalue weighted by Gasteiger charge is -2.23. The first kappa shape index (κ1) is 16.5. The molecule has 0 saturated heterocycles. The van der Waals surface area contributed by atoms with Crippen molar-refractivity contribution in [3.63, 3.8) is 0 Å². The summed E-state index contributed by atoms with van der Waals surface area (Å²) in [7, 11) is 1.48. The number of halogens is 1. The topological polar surface area (TPSA) is 75.6 Å². The summed E-state index contributed by atoms with van der Waals surface area (Å²) in [5, 5.41) is 11.8. The largest absolute Gasteiger partial charge is 0.496 e. The summed E-state index contributed by atoms with van der Waals surface area (Å²) < 4.78 is 5.95. The fraction of sp³-hybridized carbons (Fsp3) is 0.429. The maximum atomic E-state index is 12.1. The summed E-state index contributed by atoms with van der Waals surface area (Å²) in [4.78, 5) is 23.3. The van der Waals surface area contributed by atoms with E-state index in [9.17, 15) is 14.7 Å². The number of ether oxygens (including phenoxy) is 1. The Morgan fingerprint density at radius 2 is 2.10 bits per heavy atom. The number of aliphatic carboxylic acids is 1. The van der Waals surface area contributed by atoms with Crippen LogP contribution in [0.5, 0.6) is 5.75 Å². The second-order valence-corrected chi connectivity index (χ2v) is 5.66. The van der Waals surface area contributed by atoms with E-state index in [0.717, 1.165) is 4.47 Å². The number of methoxy groups -OCH3 is 1. The fourth-order valence-electron chi connectivity index (χ4n) is 1.58. The number of carbonyl (C=O) groups is 2. The first-order valence-corrected chi connectivity index (χ1v) is 6.98.